The molecule has 1 aromatic rings. The number of nitrogens with two attached hydrogens (primary N) is 1. The second-order valence-electron chi connectivity index (χ2n) is 3.92. The van der Waals surface area contributed by atoms with Crippen molar-refractivity contribution >= 4 is 5.91 Å². The quantitative estimate of drug-likeness (QED) is 0.725. The molecule has 90 valence electrons. The van der Waals surface area contributed by atoms with Crippen molar-refractivity contribution in [2.75, 3.05) is 6.54 Å². The van der Waals surface area contributed by atoms with E-state index in [0.717, 1.165) is 25.0 Å². The minimum absolute atomic E-state index is 0.0715. The summed E-state index contributed by atoms with van der Waals surface area (Å²) in [6, 6.07) is 1.56. The van der Waals surface area contributed by atoms with E-state index in [-0.39, 0.29) is 11.9 Å². The van der Waals surface area contributed by atoms with Gasteiger partial charge in [0.1, 0.15) is 0 Å². The first-order valence-corrected chi connectivity index (χ1v) is 5.65. The maximum atomic E-state index is 11.5. The third-order valence-electron chi connectivity index (χ3n) is 2.39. The van der Waals surface area contributed by atoms with Gasteiger partial charge in [-0.1, -0.05) is 13.3 Å². The predicted molar refractivity (Wildman–Crippen MR) is 62.8 cm³/mol. The summed E-state index contributed by atoms with van der Waals surface area (Å²) in [5.74, 6) is -0.0715. The Bertz CT molecular complexity index is 334. The number of aryl methyl sites for hydroxylation is 1. The van der Waals surface area contributed by atoms with Gasteiger partial charge in [0.25, 0.3) is 0 Å². The normalized spacial score (nSPS) is 12.4. The van der Waals surface area contributed by atoms with Gasteiger partial charge < -0.3 is 11.1 Å². The molecule has 1 heterocycles. The first-order chi connectivity index (χ1) is 7.63. The number of hydrogen-bond donors (Lipinski definition) is 2. The molecule has 0 fully saturated rings. The topological polar surface area (TPSA) is 72.9 Å². The number of hydrogen-bond acceptors (Lipinski definition) is 3. The molecule has 1 rings (SSSR count). The third-order valence-corrected chi connectivity index (χ3v) is 2.39. The highest BCUT2D eigenvalue weighted by Crippen LogP contribution is 1.95. The number of nitrogens with one attached hydrogen (secondary N) is 1. The Kier molecular flexibility index (Phi) is 4.98. The summed E-state index contributed by atoms with van der Waals surface area (Å²) in [5.41, 5.74) is 6.66. The fourth-order valence-corrected chi connectivity index (χ4v) is 1.48. The second kappa shape index (κ2) is 6.27. The van der Waals surface area contributed by atoms with E-state index in [2.05, 4.69) is 10.4 Å². The van der Waals surface area contributed by atoms with Crippen molar-refractivity contribution in [1.29, 1.82) is 0 Å². The molecule has 3 N–H and O–H groups in total. The minimum atomic E-state index is -0.381. The lowest BCUT2D eigenvalue weighted by Crippen LogP contribution is -2.41. The zero-order chi connectivity index (χ0) is 12.0. The lowest BCUT2D eigenvalue weighted by molar-refractivity contribution is -0.122. The van der Waals surface area contributed by atoms with E-state index in [1.807, 2.05) is 26.2 Å². The number of amides is 1. The Morgan fingerprint density at radius 3 is 3.00 bits per heavy atom. The van der Waals surface area contributed by atoms with Gasteiger partial charge in [0.2, 0.25) is 5.91 Å². The molecule has 0 aliphatic carbocycles. The van der Waals surface area contributed by atoms with Crippen LogP contribution in [0.2, 0.25) is 0 Å². The molecule has 1 atom stereocenters. The van der Waals surface area contributed by atoms with Gasteiger partial charge in [-0.05, 0) is 12.5 Å². The van der Waals surface area contributed by atoms with Crippen LogP contribution >= 0.6 is 0 Å². The molecule has 5 heteroatoms. The summed E-state index contributed by atoms with van der Waals surface area (Å²) in [6.07, 6.45) is 4.29. The molecule has 0 aromatic carbocycles. The van der Waals surface area contributed by atoms with Crippen LogP contribution in [-0.4, -0.2) is 28.3 Å². The Morgan fingerprint density at radius 1 is 1.69 bits per heavy atom. The number of rotatable bonds is 6. The average molecular weight is 224 g/mol. The molecule has 0 aliphatic heterocycles. The van der Waals surface area contributed by atoms with Crippen LogP contribution in [0, 0.1) is 0 Å². The van der Waals surface area contributed by atoms with Gasteiger partial charge in [-0.3, -0.25) is 9.48 Å². The fraction of sp³-hybridized carbons (Fsp3) is 0.636. The van der Waals surface area contributed by atoms with E-state index in [4.69, 9.17) is 5.73 Å². The van der Waals surface area contributed by atoms with Crippen molar-refractivity contribution in [3.63, 3.8) is 0 Å². The zero-order valence-electron chi connectivity index (χ0n) is 9.94. The van der Waals surface area contributed by atoms with Gasteiger partial charge in [0.15, 0.2) is 0 Å². The molecule has 0 bridgehead atoms. The highest BCUT2D eigenvalue weighted by atomic mass is 16.2. The zero-order valence-corrected chi connectivity index (χ0v) is 9.94. The Morgan fingerprint density at radius 2 is 2.44 bits per heavy atom. The molecule has 0 saturated heterocycles. The van der Waals surface area contributed by atoms with E-state index >= 15 is 0 Å². The van der Waals surface area contributed by atoms with Gasteiger partial charge >= 0.3 is 0 Å². The molecule has 5 nitrogen and oxygen atoms in total. The lowest BCUT2D eigenvalue weighted by atomic mass is 10.1. The van der Waals surface area contributed by atoms with E-state index in [1.54, 1.807) is 4.68 Å². The van der Waals surface area contributed by atoms with Crippen LogP contribution in [0.4, 0.5) is 0 Å². The van der Waals surface area contributed by atoms with Crippen molar-refractivity contribution in [3.05, 3.63) is 18.0 Å². The number of aromatic nitrogens is 2. The number of nitrogens with zero attached hydrogens (tertiary/aromatic N) is 2. The van der Waals surface area contributed by atoms with E-state index in [0.29, 0.717) is 6.54 Å². The van der Waals surface area contributed by atoms with Crippen LogP contribution in [0.1, 0.15) is 25.5 Å². The summed E-state index contributed by atoms with van der Waals surface area (Å²) in [7, 11) is 1.87. The second-order valence-corrected chi connectivity index (χ2v) is 3.92. The summed E-state index contributed by atoms with van der Waals surface area (Å²) in [6.45, 7) is 2.61. The van der Waals surface area contributed by atoms with Gasteiger partial charge in [0.05, 0.1) is 11.7 Å². The molecular weight excluding hydrogens is 204 g/mol. The van der Waals surface area contributed by atoms with Crippen molar-refractivity contribution in [2.24, 2.45) is 12.8 Å². The van der Waals surface area contributed by atoms with Crippen molar-refractivity contribution in [1.82, 2.24) is 15.1 Å². The molecular formula is C11H20N4O. The number of carbonyl (C=O) groups excluding carboxylic acids is 1. The monoisotopic (exact) mass is 224 g/mol. The Hall–Kier alpha value is -1.36. The smallest absolute Gasteiger partial charge is 0.236 e. The first kappa shape index (κ1) is 12.7. The summed E-state index contributed by atoms with van der Waals surface area (Å²) in [5, 5.41) is 7.03. The molecule has 0 saturated carbocycles. The maximum Gasteiger partial charge on any atom is 0.236 e. The fourth-order valence-electron chi connectivity index (χ4n) is 1.48. The molecule has 1 amide bonds. The van der Waals surface area contributed by atoms with Crippen LogP contribution in [0.5, 0.6) is 0 Å². The summed E-state index contributed by atoms with van der Waals surface area (Å²) in [4.78, 5) is 11.5. The standard InChI is InChI=1S/C11H20N4O/c1-3-4-10(12)11(16)13-7-5-9-6-8-15(2)14-9/h6,8,10H,3-5,7,12H2,1-2H3,(H,13,16)/t10-/m1/s1. The summed E-state index contributed by atoms with van der Waals surface area (Å²) >= 11 is 0. The highest BCUT2D eigenvalue weighted by molar-refractivity contribution is 5.81. The van der Waals surface area contributed by atoms with Crippen LogP contribution in [0.25, 0.3) is 0 Å². The lowest BCUT2D eigenvalue weighted by Gasteiger charge is -2.10. The molecule has 0 unspecified atom stereocenters. The number of carbonyl (C=O) groups is 1. The van der Waals surface area contributed by atoms with Crippen molar-refractivity contribution in [3.8, 4) is 0 Å². The molecule has 16 heavy (non-hydrogen) atoms. The van der Waals surface area contributed by atoms with E-state index in [9.17, 15) is 4.79 Å². The van der Waals surface area contributed by atoms with Crippen LogP contribution in [0.3, 0.4) is 0 Å². The van der Waals surface area contributed by atoms with Crippen molar-refractivity contribution in [2.45, 2.75) is 32.2 Å². The molecule has 0 spiro atoms. The van der Waals surface area contributed by atoms with Gasteiger partial charge in [-0.25, -0.2) is 0 Å². The molecule has 0 radical (unpaired) electrons. The summed E-state index contributed by atoms with van der Waals surface area (Å²) < 4.78 is 1.75. The minimum Gasteiger partial charge on any atom is -0.354 e. The molecule has 1 aromatic heterocycles. The van der Waals surface area contributed by atoms with Gasteiger partial charge in [-0.15, -0.1) is 0 Å². The predicted octanol–water partition coefficient (Wildman–Crippen LogP) is 0.206. The highest BCUT2D eigenvalue weighted by Gasteiger charge is 2.11. The Balaban J connectivity index is 2.22. The van der Waals surface area contributed by atoms with Gasteiger partial charge in [0, 0.05) is 26.2 Å². The van der Waals surface area contributed by atoms with Crippen LogP contribution in [-0.2, 0) is 18.3 Å². The average Bonchev–Trinajstić information content (AvgIpc) is 2.64. The van der Waals surface area contributed by atoms with Crippen molar-refractivity contribution < 1.29 is 4.79 Å². The third kappa shape index (κ3) is 4.02. The van der Waals surface area contributed by atoms with E-state index in [1.165, 1.54) is 0 Å². The van der Waals surface area contributed by atoms with Crippen LogP contribution < -0.4 is 11.1 Å². The van der Waals surface area contributed by atoms with Crippen LogP contribution in [0.15, 0.2) is 12.3 Å². The maximum absolute atomic E-state index is 11.5. The van der Waals surface area contributed by atoms with Gasteiger partial charge in [-0.2, -0.15) is 5.10 Å². The molecule has 0 aliphatic rings. The Labute approximate surface area is 96.0 Å². The first-order valence-electron chi connectivity index (χ1n) is 5.65. The SMILES string of the molecule is CCC[C@@H](N)C(=O)NCCc1ccn(C)n1. The largest absolute Gasteiger partial charge is 0.354 e. The van der Waals surface area contributed by atoms with E-state index < -0.39 is 0 Å².